The standard InChI is InChI=1S/C13H14F2O2/c1-8-5-6-12(17-8)11(16)7-9-3-2-4-10(14)13(9)15/h2-4,8,12H,5-7H2,1H3. The second kappa shape index (κ2) is 4.92. The largest absolute Gasteiger partial charge is 0.367 e. The van der Waals surface area contributed by atoms with Gasteiger partial charge in [-0.25, -0.2) is 8.78 Å². The van der Waals surface area contributed by atoms with Gasteiger partial charge in [-0.1, -0.05) is 12.1 Å². The van der Waals surface area contributed by atoms with Gasteiger partial charge in [0.05, 0.1) is 6.10 Å². The van der Waals surface area contributed by atoms with E-state index in [1.165, 1.54) is 12.1 Å². The van der Waals surface area contributed by atoms with Crippen molar-refractivity contribution < 1.29 is 18.3 Å². The molecule has 92 valence electrons. The van der Waals surface area contributed by atoms with Crippen LogP contribution in [0.5, 0.6) is 0 Å². The molecule has 0 saturated carbocycles. The third kappa shape index (κ3) is 2.69. The van der Waals surface area contributed by atoms with Crippen LogP contribution in [0.15, 0.2) is 18.2 Å². The van der Waals surface area contributed by atoms with Crippen molar-refractivity contribution in [3.05, 3.63) is 35.4 Å². The third-order valence-corrected chi connectivity index (χ3v) is 2.99. The van der Waals surface area contributed by atoms with Gasteiger partial charge in [-0.15, -0.1) is 0 Å². The average Bonchev–Trinajstić information content (AvgIpc) is 2.72. The second-order valence-electron chi connectivity index (χ2n) is 4.37. The third-order valence-electron chi connectivity index (χ3n) is 2.99. The maximum atomic E-state index is 13.4. The Hall–Kier alpha value is -1.29. The molecule has 1 saturated heterocycles. The van der Waals surface area contributed by atoms with Gasteiger partial charge in [0.2, 0.25) is 0 Å². The van der Waals surface area contributed by atoms with E-state index in [1.807, 2.05) is 6.92 Å². The quantitative estimate of drug-likeness (QED) is 0.811. The number of ether oxygens (including phenoxy) is 1. The molecule has 1 heterocycles. The summed E-state index contributed by atoms with van der Waals surface area (Å²) < 4.78 is 31.7. The normalized spacial score (nSPS) is 23.9. The van der Waals surface area contributed by atoms with E-state index in [-0.39, 0.29) is 23.9 Å². The van der Waals surface area contributed by atoms with E-state index in [4.69, 9.17) is 4.74 Å². The minimum Gasteiger partial charge on any atom is -0.367 e. The molecule has 0 aromatic heterocycles. The molecule has 1 aromatic carbocycles. The molecule has 0 N–H and O–H groups in total. The Kier molecular flexibility index (Phi) is 3.52. The molecular formula is C13H14F2O2. The Morgan fingerprint density at radius 2 is 2.18 bits per heavy atom. The van der Waals surface area contributed by atoms with Crippen molar-refractivity contribution in [2.75, 3.05) is 0 Å². The van der Waals surface area contributed by atoms with Gasteiger partial charge in [-0.3, -0.25) is 4.79 Å². The molecule has 2 rings (SSSR count). The number of rotatable bonds is 3. The molecule has 1 aromatic rings. The SMILES string of the molecule is CC1CCC(C(=O)Cc2cccc(F)c2F)O1. The first kappa shape index (κ1) is 12.2. The molecule has 17 heavy (non-hydrogen) atoms. The van der Waals surface area contributed by atoms with Crippen molar-refractivity contribution >= 4 is 5.78 Å². The van der Waals surface area contributed by atoms with Crippen LogP contribution < -0.4 is 0 Å². The Bertz CT molecular complexity index is 431. The first-order valence-corrected chi connectivity index (χ1v) is 5.69. The zero-order valence-corrected chi connectivity index (χ0v) is 9.58. The predicted octanol–water partition coefficient (Wildman–Crippen LogP) is 2.64. The first-order chi connectivity index (χ1) is 8.08. The summed E-state index contributed by atoms with van der Waals surface area (Å²) in [6, 6.07) is 3.87. The lowest BCUT2D eigenvalue weighted by Crippen LogP contribution is -2.23. The zero-order chi connectivity index (χ0) is 12.4. The van der Waals surface area contributed by atoms with Crippen molar-refractivity contribution in [1.82, 2.24) is 0 Å². The predicted molar refractivity (Wildman–Crippen MR) is 58.6 cm³/mol. The van der Waals surface area contributed by atoms with Crippen LogP contribution in [0.2, 0.25) is 0 Å². The first-order valence-electron chi connectivity index (χ1n) is 5.69. The smallest absolute Gasteiger partial charge is 0.166 e. The second-order valence-corrected chi connectivity index (χ2v) is 4.37. The van der Waals surface area contributed by atoms with Crippen molar-refractivity contribution in [2.45, 2.75) is 38.4 Å². The fraction of sp³-hybridized carbons (Fsp3) is 0.462. The average molecular weight is 240 g/mol. The molecular weight excluding hydrogens is 226 g/mol. The molecule has 0 spiro atoms. The summed E-state index contributed by atoms with van der Waals surface area (Å²) in [5.41, 5.74) is 0.0955. The van der Waals surface area contributed by atoms with E-state index in [0.29, 0.717) is 6.42 Å². The minimum atomic E-state index is -0.938. The van der Waals surface area contributed by atoms with E-state index in [9.17, 15) is 13.6 Å². The number of Topliss-reactive ketones (excluding diaryl/α,β-unsaturated/α-hetero) is 1. The van der Waals surface area contributed by atoms with Crippen LogP contribution in [0.25, 0.3) is 0 Å². The van der Waals surface area contributed by atoms with Crippen molar-refractivity contribution in [2.24, 2.45) is 0 Å². The molecule has 0 bridgehead atoms. The maximum Gasteiger partial charge on any atom is 0.166 e. The Morgan fingerprint density at radius 1 is 1.41 bits per heavy atom. The lowest BCUT2D eigenvalue weighted by molar-refractivity contribution is -0.128. The van der Waals surface area contributed by atoms with E-state index < -0.39 is 17.7 Å². The van der Waals surface area contributed by atoms with E-state index in [2.05, 4.69) is 0 Å². The topological polar surface area (TPSA) is 26.3 Å². The summed E-state index contributed by atoms with van der Waals surface area (Å²) in [6.45, 7) is 1.90. The van der Waals surface area contributed by atoms with Crippen LogP contribution >= 0.6 is 0 Å². The van der Waals surface area contributed by atoms with E-state index >= 15 is 0 Å². The number of halogens is 2. The summed E-state index contributed by atoms with van der Waals surface area (Å²) in [7, 11) is 0. The number of benzene rings is 1. The molecule has 4 heteroatoms. The maximum absolute atomic E-state index is 13.4. The van der Waals surface area contributed by atoms with Gasteiger partial charge in [0.15, 0.2) is 17.4 Å². The molecule has 1 aliphatic rings. The van der Waals surface area contributed by atoms with Gasteiger partial charge in [0.1, 0.15) is 6.10 Å². The summed E-state index contributed by atoms with van der Waals surface area (Å²) in [6.07, 6.45) is 0.994. The Labute approximate surface area is 98.6 Å². The lowest BCUT2D eigenvalue weighted by Gasteiger charge is -2.10. The highest BCUT2D eigenvalue weighted by atomic mass is 19.2. The van der Waals surface area contributed by atoms with Gasteiger partial charge in [-0.2, -0.15) is 0 Å². The van der Waals surface area contributed by atoms with Crippen LogP contribution in [-0.4, -0.2) is 18.0 Å². The van der Waals surface area contributed by atoms with Crippen LogP contribution in [0.1, 0.15) is 25.3 Å². The number of hydrogen-bond acceptors (Lipinski definition) is 2. The highest BCUT2D eigenvalue weighted by Crippen LogP contribution is 2.22. The van der Waals surface area contributed by atoms with Crippen molar-refractivity contribution in [3.63, 3.8) is 0 Å². The van der Waals surface area contributed by atoms with E-state index in [1.54, 1.807) is 0 Å². The van der Waals surface area contributed by atoms with E-state index in [0.717, 1.165) is 12.5 Å². The summed E-state index contributed by atoms with van der Waals surface area (Å²) >= 11 is 0. The molecule has 2 nitrogen and oxygen atoms in total. The number of carbonyl (C=O) groups is 1. The molecule has 1 aliphatic heterocycles. The molecule has 0 radical (unpaired) electrons. The minimum absolute atomic E-state index is 0.0707. The molecule has 0 amide bonds. The van der Waals surface area contributed by atoms with Crippen LogP contribution in [0.4, 0.5) is 8.78 Å². The molecule has 2 unspecified atom stereocenters. The summed E-state index contributed by atoms with van der Waals surface area (Å²) in [5, 5.41) is 0. The van der Waals surface area contributed by atoms with Gasteiger partial charge in [0.25, 0.3) is 0 Å². The summed E-state index contributed by atoms with van der Waals surface area (Å²) in [5.74, 6) is -2.04. The molecule has 2 atom stereocenters. The fourth-order valence-corrected chi connectivity index (χ4v) is 2.03. The van der Waals surface area contributed by atoms with Gasteiger partial charge < -0.3 is 4.74 Å². The van der Waals surface area contributed by atoms with Gasteiger partial charge >= 0.3 is 0 Å². The molecule has 0 aliphatic carbocycles. The highest BCUT2D eigenvalue weighted by Gasteiger charge is 2.28. The number of carbonyl (C=O) groups excluding carboxylic acids is 1. The zero-order valence-electron chi connectivity index (χ0n) is 9.58. The number of hydrogen-bond donors (Lipinski definition) is 0. The van der Waals surface area contributed by atoms with Crippen molar-refractivity contribution in [1.29, 1.82) is 0 Å². The van der Waals surface area contributed by atoms with Crippen LogP contribution in [-0.2, 0) is 16.0 Å². The molecule has 1 fully saturated rings. The van der Waals surface area contributed by atoms with Gasteiger partial charge in [0, 0.05) is 6.42 Å². The Morgan fingerprint density at radius 3 is 2.82 bits per heavy atom. The lowest BCUT2D eigenvalue weighted by atomic mass is 10.0. The van der Waals surface area contributed by atoms with Crippen LogP contribution in [0, 0.1) is 11.6 Å². The number of ketones is 1. The Balaban J connectivity index is 2.06. The monoisotopic (exact) mass is 240 g/mol. The van der Waals surface area contributed by atoms with Crippen LogP contribution in [0.3, 0.4) is 0 Å². The van der Waals surface area contributed by atoms with Crippen molar-refractivity contribution in [3.8, 4) is 0 Å². The highest BCUT2D eigenvalue weighted by molar-refractivity contribution is 5.85. The summed E-state index contributed by atoms with van der Waals surface area (Å²) in [4.78, 5) is 11.8. The van der Waals surface area contributed by atoms with Gasteiger partial charge in [-0.05, 0) is 31.4 Å². The fourth-order valence-electron chi connectivity index (χ4n) is 2.03.